The van der Waals surface area contributed by atoms with Crippen LogP contribution in [-0.4, -0.2) is 24.7 Å². The summed E-state index contributed by atoms with van der Waals surface area (Å²) < 4.78 is 2.09. The van der Waals surface area contributed by atoms with Crippen molar-refractivity contribution < 1.29 is 0 Å². The quantitative estimate of drug-likeness (QED) is 0.184. The van der Waals surface area contributed by atoms with Crippen LogP contribution in [0.1, 0.15) is 0 Å². The molecule has 0 aliphatic heterocycles. The van der Waals surface area contributed by atoms with Crippen molar-refractivity contribution in [1.29, 1.82) is 0 Å². The van der Waals surface area contributed by atoms with Crippen molar-refractivity contribution in [3.05, 3.63) is 176 Å². The SMILES string of the molecule is c1ccc(-c2nc(-c3ccccc3)nc(-c3cccc(-c4nn(-c5ccccc5)c5c4c(-c4ccccc4)cc4ccccc45)c3)n2)cc1. The summed E-state index contributed by atoms with van der Waals surface area (Å²) in [6.07, 6.45) is 0. The van der Waals surface area contributed by atoms with Gasteiger partial charge in [0.15, 0.2) is 17.5 Å². The van der Waals surface area contributed by atoms with E-state index in [1.807, 2.05) is 66.7 Å². The van der Waals surface area contributed by atoms with Crippen LogP contribution in [0.5, 0.6) is 0 Å². The third kappa shape index (κ3) is 5.24. The van der Waals surface area contributed by atoms with E-state index in [-0.39, 0.29) is 0 Å². The molecule has 2 heterocycles. The Morgan fingerprint density at radius 1 is 0.388 bits per heavy atom. The Labute approximate surface area is 283 Å². The van der Waals surface area contributed by atoms with E-state index >= 15 is 0 Å². The molecule has 7 aromatic carbocycles. The number of nitrogens with zero attached hydrogens (tertiary/aromatic N) is 5. The van der Waals surface area contributed by atoms with Crippen molar-refractivity contribution in [3.63, 3.8) is 0 Å². The van der Waals surface area contributed by atoms with Crippen molar-refractivity contribution in [3.8, 4) is 62.2 Å². The highest BCUT2D eigenvalue weighted by atomic mass is 15.3. The number of fused-ring (bicyclic) bond motifs is 3. The zero-order chi connectivity index (χ0) is 32.6. The van der Waals surface area contributed by atoms with Gasteiger partial charge in [0.1, 0.15) is 5.69 Å². The molecule has 0 atom stereocenters. The molecule has 0 N–H and O–H groups in total. The van der Waals surface area contributed by atoms with E-state index in [1.165, 1.54) is 5.39 Å². The molecule has 0 aliphatic carbocycles. The topological polar surface area (TPSA) is 56.5 Å². The Kier molecular flexibility index (Phi) is 7.06. The molecule has 0 bridgehead atoms. The molecular formula is C44H29N5. The standard InChI is InChI=1S/C44H29N5/c1-5-16-30(17-6-1)38-29-33-22-13-14-27-37(33)41-39(38)40(48-49(41)36-25-11-4-12-26-36)34-23-15-24-35(28-34)44-46-42(31-18-7-2-8-19-31)45-43(47-44)32-20-9-3-10-21-32/h1-29H. The van der Waals surface area contributed by atoms with Crippen LogP contribution in [0.3, 0.4) is 0 Å². The largest absolute Gasteiger partial charge is 0.232 e. The summed E-state index contributed by atoms with van der Waals surface area (Å²) in [5.74, 6) is 1.87. The molecule has 9 aromatic rings. The maximum atomic E-state index is 5.39. The highest BCUT2D eigenvalue weighted by molar-refractivity contribution is 6.17. The number of rotatable bonds is 6. The molecule has 2 aromatic heterocycles. The molecule has 49 heavy (non-hydrogen) atoms. The Hall–Kier alpha value is -6.72. The van der Waals surface area contributed by atoms with E-state index in [2.05, 4.69) is 114 Å². The first-order valence-electron chi connectivity index (χ1n) is 16.3. The second kappa shape index (κ2) is 12.1. The van der Waals surface area contributed by atoms with Gasteiger partial charge in [-0.1, -0.05) is 152 Å². The van der Waals surface area contributed by atoms with Gasteiger partial charge in [0, 0.05) is 33.0 Å². The van der Waals surface area contributed by atoms with Gasteiger partial charge in [0.05, 0.1) is 11.2 Å². The van der Waals surface area contributed by atoms with Gasteiger partial charge in [0.25, 0.3) is 0 Å². The van der Waals surface area contributed by atoms with Gasteiger partial charge in [-0.3, -0.25) is 0 Å². The normalized spacial score (nSPS) is 11.3. The lowest BCUT2D eigenvalue weighted by Crippen LogP contribution is -2.00. The van der Waals surface area contributed by atoms with E-state index in [1.54, 1.807) is 0 Å². The molecular weight excluding hydrogens is 599 g/mol. The minimum atomic E-state index is 0.607. The van der Waals surface area contributed by atoms with E-state index in [9.17, 15) is 0 Å². The van der Waals surface area contributed by atoms with E-state index < -0.39 is 0 Å². The van der Waals surface area contributed by atoms with Gasteiger partial charge in [-0.2, -0.15) is 5.10 Å². The summed E-state index contributed by atoms with van der Waals surface area (Å²) in [6.45, 7) is 0. The third-order valence-corrected chi connectivity index (χ3v) is 8.85. The summed E-state index contributed by atoms with van der Waals surface area (Å²) in [5.41, 5.74) is 8.98. The molecule has 0 unspecified atom stereocenters. The minimum absolute atomic E-state index is 0.607. The van der Waals surface area contributed by atoms with Crippen molar-refractivity contribution in [2.45, 2.75) is 0 Å². The minimum Gasteiger partial charge on any atom is -0.232 e. The first-order valence-corrected chi connectivity index (χ1v) is 16.3. The molecule has 0 fully saturated rings. The number of hydrogen-bond acceptors (Lipinski definition) is 4. The molecule has 0 aliphatic rings. The third-order valence-electron chi connectivity index (χ3n) is 8.85. The Bertz CT molecular complexity index is 2520. The summed E-state index contributed by atoms with van der Waals surface area (Å²) in [6, 6.07) is 60.3. The van der Waals surface area contributed by atoms with Gasteiger partial charge in [-0.15, -0.1) is 0 Å². The lowest BCUT2D eigenvalue weighted by atomic mass is 9.93. The maximum absolute atomic E-state index is 5.39. The second-order valence-electron chi connectivity index (χ2n) is 11.9. The molecule has 5 heteroatoms. The molecule has 0 saturated heterocycles. The lowest BCUT2D eigenvalue weighted by Gasteiger charge is -2.11. The van der Waals surface area contributed by atoms with Crippen LogP contribution >= 0.6 is 0 Å². The predicted molar refractivity (Wildman–Crippen MR) is 199 cm³/mol. The monoisotopic (exact) mass is 627 g/mol. The Balaban J connectivity index is 1.30. The lowest BCUT2D eigenvalue weighted by molar-refractivity contribution is 0.918. The van der Waals surface area contributed by atoms with Crippen LogP contribution in [0.15, 0.2) is 176 Å². The summed E-state index contributed by atoms with van der Waals surface area (Å²) in [4.78, 5) is 14.9. The van der Waals surface area contributed by atoms with Crippen molar-refractivity contribution in [1.82, 2.24) is 24.7 Å². The second-order valence-corrected chi connectivity index (χ2v) is 11.9. The molecule has 230 valence electrons. The zero-order valence-corrected chi connectivity index (χ0v) is 26.5. The maximum Gasteiger partial charge on any atom is 0.164 e. The first kappa shape index (κ1) is 28.5. The number of aromatic nitrogens is 5. The molecule has 0 radical (unpaired) electrons. The highest BCUT2D eigenvalue weighted by Crippen LogP contribution is 2.42. The number of hydrogen-bond donors (Lipinski definition) is 0. The molecule has 0 saturated carbocycles. The fourth-order valence-corrected chi connectivity index (χ4v) is 6.53. The molecule has 0 amide bonds. The summed E-state index contributed by atoms with van der Waals surface area (Å²) >= 11 is 0. The van der Waals surface area contributed by atoms with Crippen molar-refractivity contribution in [2.75, 3.05) is 0 Å². The average molecular weight is 628 g/mol. The first-order chi connectivity index (χ1) is 24.3. The van der Waals surface area contributed by atoms with Crippen LogP contribution in [0.2, 0.25) is 0 Å². The van der Waals surface area contributed by atoms with Gasteiger partial charge < -0.3 is 0 Å². The fraction of sp³-hybridized carbons (Fsp3) is 0. The van der Waals surface area contributed by atoms with Gasteiger partial charge in [-0.25, -0.2) is 19.6 Å². The zero-order valence-electron chi connectivity index (χ0n) is 26.5. The van der Waals surface area contributed by atoms with Crippen LogP contribution in [-0.2, 0) is 0 Å². The average Bonchev–Trinajstić information content (AvgIpc) is 3.60. The van der Waals surface area contributed by atoms with Crippen LogP contribution in [0.4, 0.5) is 0 Å². The summed E-state index contributed by atoms with van der Waals surface area (Å²) in [5, 5.41) is 8.80. The number of para-hydroxylation sites is 1. The number of benzene rings is 7. The van der Waals surface area contributed by atoms with Crippen molar-refractivity contribution >= 4 is 21.7 Å². The van der Waals surface area contributed by atoms with E-state index in [0.29, 0.717) is 17.5 Å². The van der Waals surface area contributed by atoms with E-state index in [4.69, 9.17) is 20.1 Å². The van der Waals surface area contributed by atoms with E-state index in [0.717, 1.165) is 61.1 Å². The summed E-state index contributed by atoms with van der Waals surface area (Å²) in [7, 11) is 0. The smallest absolute Gasteiger partial charge is 0.164 e. The Morgan fingerprint density at radius 2 is 0.878 bits per heavy atom. The highest BCUT2D eigenvalue weighted by Gasteiger charge is 2.22. The molecule has 9 rings (SSSR count). The molecule has 5 nitrogen and oxygen atoms in total. The van der Waals surface area contributed by atoms with Crippen LogP contribution < -0.4 is 0 Å². The molecule has 0 spiro atoms. The van der Waals surface area contributed by atoms with Gasteiger partial charge in [-0.05, 0) is 40.8 Å². The van der Waals surface area contributed by atoms with Crippen LogP contribution in [0, 0.1) is 0 Å². The van der Waals surface area contributed by atoms with Crippen molar-refractivity contribution in [2.24, 2.45) is 0 Å². The van der Waals surface area contributed by atoms with Gasteiger partial charge in [0.2, 0.25) is 0 Å². The predicted octanol–water partition coefficient (Wildman–Crippen LogP) is 10.7. The van der Waals surface area contributed by atoms with Crippen LogP contribution in [0.25, 0.3) is 83.9 Å². The van der Waals surface area contributed by atoms with Gasteiger partial charge >= 0.3 is 0 Å². The Morgan fingerprint density at radius 3 is 1.51 bits per heavy atom. The fourth-order valence-electron chi connectivity index (χ4n) is 6.53.